The van der Waals surface area contributed by atoms with Crippen LogP contribution in [0.15, 0.2) is 18.2 Å². The lowest BCUT2D eigenvalue weighted by Gasteiger charge is -2.17. The Kier molecular flexibility index (Phi) is 5.10. The topological polar surface area (TPSA) is 40.5 Å². The van der Waals surface area contributed by atoms with Crippen LogP contribution in [0.3, 0.4) is 0 Å². The van der Waals surface area contributed by atoms with Gasteiger partial charge in [-0.15, -0.1) is 0 Å². The first-order valence-corrected chi connectivity index (χ1v) is 5.75. The first kappa shape index (κ1) is 13.6. The van der Waals surface area contributed by atoms with Crippen LogP contribution in [0.4, 0.5) is 4.39 Å². The molecule has 0 aromatic heterocycles. The molecule has 17 heavy (non-hydrogen) atoms. The molecule has 3 nitrogen and oxygen atoms in total. The van der Waals surface area contributed by atoms with Crippen molar-refractivity contribution in [1.29, 1.82) is 0 Å². The third-order valence-corrected chi connectivity index (χ3v) is 2.63. The summed E-state index contributed by atoms with van der Waals surface area (Å²) in [6.45, 7) is 3.43. The van der Waals surface area contributed by atoms with Crippen molar-refractivity contribution in [3.05, 3.63) is 35.1 Å². The van der Waals surface area contributed by atoms with Crippen LogP contribution in [0.5, 0.6) is 0 Å². The summed E-state index contributed by atoms with van der Waals surface area (Å²) in [5.74, 6) is -1.40. The van der Waals surface area contributed by atoms with Gasteiger partial charge in [-0.3, -0.25) is 0 Å². The van der Waals surface area contributed by atoms with E-state index in [0.717, 1.165) is 19.4 Å². The van der Waals surface area contributed by atoms with E-state index in [9.17, 15) is 9.18 Å². The van der Waals surface area contributed by atoms with E-state index in [-0.39, 0.29) is 5.56 Å². The molecule has 1 aromatic carbocycles. The van der Waals surface area contributed by atoms with Gasteiger partial charge in [0.1, 0.15) is 5.82 Å². The second-order valence-corrected chi connectivity index (χ2v) is 4.20. The predicted octanol–water partition coefficient (Wildman–Crippen LogP) is 2.76. The van der Waals surface area contributed by atoms with Gasteiger partial charge in [-0.25, -0.2) is 9.18 Å². The van der Waals surface area contributed by atoms with Gasteiger partial charge in [0.25, 0.3) is 0 Å². The van der Waals surface area contributed by atoms with Crippen LogP contribution in [0.2, 0.25) is 0 Å². The highest BCUT2D eigenvalue weighted by molar-refractivity contribution is 5.89. The molecule has 1 N–H and O–H groups in total. The molecule has 94 valence electrons. The van der Waals surface area contributed by atoms with Crippen LogP contribution >= 0.6 is 0 Å². The van der Waals surface area contributed by atoms with Gasteiger partial charge in [0.2, 0.25) is 0 Å². The fourth-order valence-corrected chi connectivity index (χ4v) is 1.70. The van der Waals surface area contributed by atoms with Gasteiger partial charge in [0.05, 0.1) is 5.56 Å². The number of hydrogen-bond donors (Lipinski definition) is 1. The Balaban J connectivity index is 2.81. The van der Waals surface area contributed by atoms with Gasteiger partial charge in [0, 0.05) is 6.54 Å². The summed E-state index contributed by atoms with van der Waals surface area (Å²) in [6.07, 6.45) is 2.13. The summed E-state index contributed by atoms with van der Waals surface area (Å²) >= 11 is 0. The number of halogens is 1. The minimum Gasteiger partial charge on any atom is -0.478 e. The number of aromatic carboxylic acids is 1. The summed E-state index contributed by atoms with van der Waals surface area (Å²) < 4.78 is 13.1. The normalized spacial score (nSPS) is 10.8. The molecule has 0 aliphatic carbocycles. The number of carboxylic acids is 1. The Labute approximate surface area is 101 Å². The highest BCUT2D eigenvalue weighted by Gasteiger charge is 2.12. The van der Waals surface area contributed by atoms with E-state index in [0.29, 0.717) is 12.1 Å². The first-order chi connectivity index (χ1) is 8.04. The average Bonchev–Trinajstić information content (AvgIpc) is 2.26. The Bertz CT molecular complexity index is 393. The number of benzene rings is 1. The van der Waals surface area contributed by atoms with E-state index in [4.69, 9.17) is 5.11 Å². The third kappa shape index (κ3) is 4.15. The standard InChI is InChI=1S/C13H18FNO2/c1-3-4-7-15(2)9-10-8-11(14)5-6-12(10)13(16)17/h5-6,8H,3-4,7,9H2,1-2H3,(H,16,17). The molecule has 0 heterocycles. The molecule has 0 unspecified atom stereocenters. The van der Waals surface area contributed by atoms with Crippen molar-refractivity contribution in [2.24, 2.45) is 0 Å². The van der Waals surface area contributed by atoms with Crippen LogP contribution in [0, 0.1) is 5.82 Å². The molecule has 1 aromatic rings. The number of unbranched alkanes of at least 4 members (excludes halogenated alkanes) is 1. The maximum Gasteiger partial charge on any atom is 0.336 e. The zero-order valence-corrected chi connectivity index (χ0v) is 10.2. The molecule has 0 radical (unpaired) electrons. The van der Waals surface area contributed by atoms with E-state index < -0.39 is 11.8 Å². The number of carbonyl (C=O) groups is 1. The highest BCUT2D eigenvalue weighted by atomic mass is 19.1. The second kappa shape index (κ2) is 6.35. The zero-order chi connectivity index (χ0) is 12.8. The van der Waals surface area contributed by atoms with E-state index >= 15 is 0 Å². The number of nitrogens with zero attached hydrogens (tertiary/aromatic N) is 1. The SMILES string of the molecule is CCCCN(C)Cc1cc(F)ccc1C(=O)O. The monoisotopic (exact) mass is 239 g/mol. The Morgan fingerprint density at radius 2 is 2.18 bits per heavy atom. The summed E-state index contributed by atoms with van der Waals surface area (Å²) in [5.41, 5.74) is 0.700. The molecule has 0 atom stereocenters. The van der Waals surface area contributed by atoms with Crippen molar-refractivity contribution < 1.29 is 14.3 Å². The average molecular weight is 239 g/mol. The van der Waals surface area contributed by atoms with E-state index in [1.165, 1.54) is 18.2 Å². The molecule has 0 bridgehead atoms. The third-order valence-electron chi connectivity index (χ3n) is 2.63. The van der Waals surface area contributed by atoms with Crippen molar-refractivity contribution in [3.63, 3.8) is 0 Å². The van der Waals surface area contributed by atoms with Gasteiger partial charge < -0.3 is 10.0 Å². The van der Waals surface area contributed by atoms with Crippen LogP contribution in [-0.4, -0.2) is 29.6 Å². The molecule has 0 spiro atoms. The summed E-state index contributed by atoms with van der Waals surface area (Å²) in [7, 11) is 1.91. The molecule has 0 aliphatic rings. The number of hydrogen-bond acceptors (Lipinski definition) is 2. The molecular weight excluding hydrogens is 221 g/mol. The zero-order valence-electron chi connectivity index (χ0n) is 10.2. The molecule has 0 fully saturated rings. The lowest BCUT2D eigenvalue weighted by Crippen LogP contribution is -2.20. The van der Waals surface area contributed by atoms with Crippen LogP contribution in [-0.2, 0) is 6.54 Å². The van der Waals surface area contributed by atoms with E-state index in [2.05, 4.69) is 6.92 Å². The van der Waals surface area contributed by atoms with E-state index in [1.54, 1.807) is 0 Å². The van der Waals surface area contributed by atoms with Crippen molar-refractivity contribution in [2.75, 3.05) is 13.6 Å². The largest absolute Gasteiger partial charge is 0.478 e. The Morgan fingerprint density at radius 3 is 2.76 bits per heavy atom. The van der Waals surface area contributed by atoms with Gasteiger partial charge in [-0.1, -0.05) is 13.3 Å². The number of carboxylic acid groups (broad SMARTS) is 1. The van der Waals surface area contributed by atoms with Crippen LogP contribution in [0.1, 0.15) is 35.7 Å². The molecule has 0 saturated heterocycles. The predicted molar refractivity (Wildman–Crippen MR) is 64.6 cm³/mol. The van der Waals surface area contributed by atoms with Gasteiger partial charge >= 0.3 is 5.97 Å². The maximum atomic E-state index is 13.1. The Hall–Kier alpha value is -1.42. The van der Waals surface area contributed by atoms with Gasteiger partial charge in [-0.2, -0.15) is 0 Å². The lowest BCUT2D eigenvalue weighted by molar-refractivity contribution is 0.0694. The van der Waals surface area contributed by atoms with Crippen molar-refractivity contribution in [1.82, 2.24) is 4.90 Å². The molecular formula is C13H18FNO2. The summed E-state index contributed by atoms with van der Waals surface area (Å²) in [4.78, 5) is 13.0. The molecule has 1 rings (SSSR count). The quantitative estimate of drug-likeness (QED) is 0.829. The van der Waals surface area contributed by atoms with Crippen molar-refractivity contribution in [2.45, 2.75) is 26.3 Å². The minimum absolute atomic E-state index is 0.176. The van der Waals surface area contributed by atoms with Gasteiger partial charge in [-0.05, 0) is 43.8 Å². The molecule has 0 aliphatic heterocycles. The van der Waals surface area contributed by atoms with Crippen molar-refractivity contribution >= 4 is 5.97 Å². The lowest BCUT2D eigenvalue weighted by atomic mass is 10.1. The summed E-state index contributed by atoms with van der Waals surface area (Å²) in [6, 6.07) is 3.80. The van der Waals surface area contributed by atoms with Crippen molar-refractivity contribution in [3.8, 4) is 0 Å². The van der Waals surface area contributed by atoms with Gasteiger partial charge in [0.15, 0.2) is 0 Å². The molecule has 4 heteroatoms. The van der Waals surface area contributed by atoms with E-state index in [1.807, 2.05) is 11.9 Å². The fraction of sp³-hybridized carbons (Fsp3) is 0.462. The Morgan fingerprint density at radius 1 is 1.47 bits per heavy atom. The molecule has 0 amide bonds. The highest BCUT2D eigenvalue weighted by Crippen LogP contribution is 2.14. The van der Waals surface area contributed by atoms with Crippen LogP contribution in [0.25, 0.3) is 0 Å². The van der Waals surface area contributed by atoms with Crippen LogP contribution < -0.4 is 0 Å². The molecule has 0 saturated carbocycles. The summed E-state index contributed by atoms with van der Waals surface area (Å²) in [5, 5.41) is 9.00. The smallest absolute Gasteiger partial charge is 0.336 e. The fourth-order valence-electron chi connectivity index (χ4n) is 1.70. The minimum atomic E-state index is -1.01. The first-order valence-electron chi connectivity index (χ1n) is 5.75. The second-order valence-electron chi connectivity index (χ2n) is 4.20. The maximum absolute atomic E-state index is 13.1. The number of rotatable bonds is 6.